The van der Waals surface area contributed by atoms with E-state index in [1.807, 2.05) is 24.3 Å². The van der Waals surface area contributed by atoms with Gasteiger partial charge in [-0.25, -0.2) is 0 Å². The molecule has 0 bridgehead atoms. The Kier molecular flexibility index (Phi) is 5.69. The van der Waals surface area contributed by atoms with Crippen molar-refractivity contribution in [3.05, 3.63) is 29.8 Å². The smallest absolute Gasteiger partial charge is 0.226 e. The number of amides is 1. The molecule has 1 unspecified atom stereocenters. The molecule has 0 spiro atoms. The summed E-state index contributed by atoms with van der Waals surface area (Å²) in [4.78, 5) is 13.2. The van der Waals surface area contributed by atoms with Gasteiger partial charge in [-0.3, -0.25) is 4.79 Å². The SMILES string of the molecule is CCCC(C)Nc1ccc(CC(=O)N(C)C)cc1. The molecule has 0 aliphatic rings. The first-order chi connectivity index (χ1) is 8.52. The van der Waals surface area contributed by atoms with E-state index in [4.69, 9.17) is 0 Å². The molecule has 0 aliphatic carbocycles. The van der Waals surface area contributed by atoms with Gasteiger partial charge in [0.2, 0.25) is 5.91 Å². The minimum atomic E-state index is 0.134. The second-order valence-corrected chi connectivity index (χ2v) is 5.00. The van der Waals surface area contributed by atoms with Gasteiger partial charge in [0.1, 0.15) is 0 Å². The van der Waals surface area contributed by atoms with Crippen LogP contribution < -0.4 is 5.32 Å². The van der Waals surface area contributed by atoms with Gasteiger partial charge in [0.05, 0.1) is 6.42 Å². The molecule has 18 heavy (non-hydrogen) atoms. The molecular formula is C15H24N2O. The highest BCUT2D eigenvalue weighted by Gasteiger charge is 2.06. The van der Waals surface area contributed by atoms with Crippen molar-refractivity contribution in [2.24, 2.45) is 0 Å². The summed E-state index contributed by atoms with van der Waals surface area (Å²) in [6.07, 6.45) is 2.82. The molecule has 0 aromatic heterocycles. The number of rotatable bonds is 6. The van der Waals surface area contributed by atoms with Gasteiger partial charge >= 0.3 is 0 Å². The van der Waals surface area contributed by atoms with E-state index in [0.717, 1.165) is 11.3 Å². The average molecular weight is 248 g/mol. The maximum Gasteiger partial charge on any atom is 0.226 e. The van der Waals surface area contributed by atoms with E-state index in [1.54, 1.807) is 19.0 Å². The van der Waals surface area contributed by atoms with Crippen LogP contribution in [0.25, 0.3) is 0 Å². The van der Waals surface area contributed by atoms with Crippen molar-refractivity contribution in [2.45, 2.75) is 39.2 Å². The third-order valence-corrected chi connectivity index (χ3v) is 2.94. The molecular weight excluding hydrogens is 224 g/mol. The molecule has 1 rings (SSSR count). The summed E-state index contributed by atoms with van der Waals surface area (Å²) in [6.45, 7) is 4.38. The van der Waals surface area contributed by atoms with Gasteiger partial charge in [-0.15, -0.1) is 0 Å². The Balaban J connectivity index is 2.54. The highest BCUT2D eigenvalue weighted by molar-refractivity contribution is 5.78. The molecule has 0 fully saturated rings. The number of carbonyl (C=O) groups excluding carboxylic acids is 1. The number of anilines is 1. The molecule has 1 aromatic carbocycles. The fourth-order valence-electron chi connectivity index (χ4n) is 1.84. The van der Waals surface area contributed by atoms with Gasteiger partial charge in [-0.1, -0.05) is 25.5 Å². The standard InChI is InChI=1S/C15H24N2O/c1-5-6-12(2)16-14-9-7-13(8-10-14)11-15(18)17(3)4/h7-10,12,16H,5-6,11H2,1-4H3. The summed E-state index contributed by atoms with van der Waals surface area (Å²) in [5, 5.41) is 3.45. The van der Waals surface area contributed by atoms with Crippen LogP contribution in [0.3, 0.4) is 0 Å². The van der Waals surface area contributed by atoms with Crippen LogP contribution in [0.5, 0.6) is 0 Å². The Labute approximate surface area is 110 Å². The molecule has 3 heteroatoms. The fourth-order valence-corrected chi connectivity index (χ4v) is 1.84. The maximum absolute atomic E-state index is 11.6. The van der Waals surface area contributed by atoms with Gasteiger partial charge in [0.15, 0.2) is 0 Å². The summed E-state index contributed by atoms with van der Waals surface area (Å²) >= 11 is 0. The highest BCUT2D eigenvalue weighted by atomic mass is 16.2. The minimum Gasteiger partial charge on any atom is -0.383 e. The summed E-state index contributed by atoms with van der Waals surface area (Å²) in [5.41, 5.74) is 2.18. The van der Waals surface area contributed by atoms with E-state index < -0.39 is 0 Å². The normalized spacial score (nSPS) is 12.0. The highest BCUT2D eigenvalue weighted by Crippen LogP contribution is 2.13. The molecule has 100 valence electrons. The summed E-state index contributed by atoms with van der Waals surface area (Å²) < 4.78 is 0. The first kappa shape index (κ1) is 14.6. The fraction of sp³-hybridized carbons (Fsp3) is 0.533. The van der Waals surface area contributed by atoms with Gasteiger partial charge in [0, 0.05) is 25.8 Å². The molecule has 1 atom stereocenters. The van der Waals surface area contributed by atoms with Crippen LogP contribution in [-0.2, 0) is 11.2 Å². The van der Waals surface area contributed by atoms with Gasteiger partial charge in [-0.2, -0.15) is 0 Å². The number of likely N-dealkylation sites (N-methyl/N-ethyl adjacent to an activating group) is 1. The van der Waals surface area contributed by atoms with Crippen molar-refractivity contribution in [1.29, 1.82) is 0 Å². The quantitative estimate of drug-likeness (QED) is 0.839. The third kappa shape index (κ3) is 4.78. The number of hydrogen-bond donors (Lipinski definition) is 1. The number of hydrogen-bond acceptors (Lipinski definition) is 2. The van der Waals surface area contributed by atoms with E-state index in [1.165, 1.54) is 12.8 Å². The predicted molar refractivity (Wildman–Crippen MR) is 76.8 cm³/mol. The van der Waals surface area contributed by atoms with Crippen LogP contribution in [0.2, 0.25) is 0 Å². The van der Waals surface area contributed by atoms with Crippen molar-refractivity contribution in [3.63, 3.8) is 0 Å². The first-order valence-corrected chi connectivity index (χ1v) is 6.58. The topological polar surface area (TPSA) is 32.3 Å². The molecule has 0 radical (unpaired) electrons. The third-order valence-electron chi connectivity index (χ3n) is 2.94. The van der Waals surface area contributed by atoms with Crippen LogP contribution in [0.15, 0.2) is 24.3 Å². The van der Waals surface area contributed by atoms with Crippen LogP contribution in [-0.4, -0.2) is 30.9 Å². The van der Waals surface area contributed by atoms with Crippen molar-refractivity contribution >= 4 is 11.6 Å². The van der Waals surface area contributed by atoms with Crippen LogP contribution in [0.1, 0.15) is 32.3 Å². The van der Waals surface area contributed by atoms with Crippen LogP contribution in [0, 0.1) is 0 Å². The Bertz CT molecular complexity index is 371. The lowest BCUT2D eigenvalue weighted by atomic mass is 10.1. The van der Waals surface area contributed by atoms with E-state index >= 15 is 0 Å². The molecule has 0 aliphatic heterocycles. The summed E-state index contributed by atoms with van der Waals surface area (Å²) in [7, 11) is 3.56. The first-order valence-electron chi connectivity index (χ1n) is 6.58. The second kappa shape index (κ2) is 7.04. The van der Waals surface area contributed by atoms with Gasteiger partial charge in [-0.05, 0) is 31.0 Å². The monoisotopic (exact) mass is 248 g/mol. The zero-order chi connectivity index (χ0) is 13.5. The zero-order valence-electron chi connectivity index (χ0n) is 11.9. The van der Waals surface area contributed by atoms with E-state index in [0.29, 0.717) is 12.5 Å². The molecule has 1 N–H and O–H groups in total. The van der Waals surface area contributed by atoms with Crippen LogP contribution in [0.4, 0.5) is 5.69 Å². The van der Waals surface area contributed by atoms with Crippen molar-refractivity contribution in [3.8, 4) is 0 Å². The Morgan fingerprint density at radius 1 is 1.28 bits per heavy atom. The summed E-state index contributed by atoms with van der Waals surface area (Å²) in [6, 6.07) is 8.61. The van der Waals surface area contributed by atoms with Crippen molar-refractivity contribution < 1.29 is 4.79 Å². The lowest BCUT2D eigenvalue weighted by molar-refractivity contribution is -0.127. The minimum absolute atomic E-state index is 0.134. The number of nitrogens with one attached hydrogen (secondary N) is 1. The molecule has 0 heterocycles. The number of benzene rings is 1. The number of carbonyl (C=O) groups is 1. The van der Waals surface area contributed by atoms with Crippen molar-refractivity contribution in [2.75, 3.05) is 19.4 Å². The molecule has 3 nitrogen and oxygen atoms in total. The van der Waals surface area contributed by atoms with E-state index in [-0.39, 0.29) is 5.91 Å². The van der Waals surface area contributed by atoms with Crippen LogP contribution >= 0.6 is 0 Å². The van der Waals surface area contributed by atoms with E-state index in [9.17, 15) is 4.79 Å². The Morgan fingerprint density at radius 2 is 1.89 bits per heavy atom. The largest absolute Gasteiger partial charge is 0.383 e. The predicted octanol–water partition coefficient (Wildman–Crippen LogP) is 2.92. The number of nitrogens with zero attached hydrogens (tertiary/aromatic N) is 1. The average Bonchev–Trinajstić information content (AvgIpc) is 2.31. The lowest BCUT2D eigenvalue weighted by Crippen LogP contribution is -2.23. The molecule has 1 aromatic rings. The second-order valence-electron chi connectivity index (χ2n) is 5.00. The van der Waals surface area contributed by atoms with Gasteiger partial charge < -0.3 is 10.2 Å². The summed E-state index contributed by atoms with van der Waals surface area (Å²) in [5.74, 6) is 0.134. The van der Waals surface area contributed by atoms with Gasteiger partial charge in [0.25, 0.3) is 0 Å². The van der Waals surface area contributed by atoms with E-state index in [2.05, 4.69) is 19.2 Å². The van der Waals surface area contributed by atoms with Crippen molar-refractivity contribution in [1.82, 2.24) is 4.90 Å². The Hall–Kier alpha value is -1.51. The molecule has 0 saturated carbocycles. The molecule has 1 amide bonds. The maximum atomic E-state index is 11.6. The molecule has 0 saturated heterocycles. The zero-order valence-corrected chi connectivity index (χ0v) is 11.9. The lowest BCUT2D eigenvalue weighted by Gasteiger charge is -2.15. The Morgan fingerprint density at radius 3 is 2.39 bits per heavy atom.